The van der Waals surface area contributed by atoms with Crippen molar-refractivity contribution in [2.45, 2.75) is 26.2 Å². The number of carboxylic acids is 1. The molecule has 0 amide bonds. The fourth-order valence-electron chi connectivity index (χ4n) is 2.25. The third-order valence-corrected chi connectivity index (χ3v) is 3.81. The number of non-ortho nitro benzene ring substituents is 1. The van der Waals surface area contributed by atoms with E-state index in [2.05, 4.69) is 5.32 Å². The van der Waals surface area contributed by atoms with Crippen LogP contribution in [0.4, 0.5) is 11.4 Å². The molecule has 0 spiro atoms. The number of hydrogen-bond donors (Lipinski definition) is 2. The number of carbonyl (C=O) groups is 1. The van der Waals surface area contributed by atoms with E-state index in [4.69, 9.17) is 0 Å². The summed E-state index contributed by atoms with van der Waals surface area (Å²) in [5.41, 5.74) is 0.787. The van der Waals surface area contributed by atoms with E-state index in [0.29, 0.717) is 25.1 Å². The van der Waals surface area contributed by atoms with Gasteiger partial charge in [0.2, 0.25) is 0 Å². The summed E-state index contributed by atoms with van der Waals surface area (Å²) in [7, 11) is 0. The first kappa shape index (κ1) is 13.3. The largest absolute Gasteiger partial charge is 0.481 e. The molecule has 1 fully saturated rings. The van der Waals surface area contributed by atoms with Gasteiger partial charge in [0.1, 0.15) is 0 Å². The molecule has 1 aromatic carbocycles. The zero-order valence-corrected chi connectivity index (χ0v) is 10.7. The Labute approximate surface area is 110 Å². The van der Waals surface area contributed by atoms with Crippen LogP contribution in [0.5, 0.6) is 0 Å². The Morgan fingerprint density at radius 1 is 1.53 bits per heavy atom. The highest BCUT2D eigenvalue weighted by molar-refractivity contribution is 5.76. The molecule has 19 heavy (non-hydrogen) atoms. The van der Waals surface area contributed by atoms with Gasteiger partial charge in [-0.05, 0) is 25.3 Å². The first-order valence-electron chi connectivity index (χ1n) is 6.17. The molecule has 6 heteroatoms. The molecule has 6 nitrogen and oxygen atoms in total. The summed E-state index contributed by atoms with van der Waals surface area (Å²) in [6.45, 7) is 2.14. The zero-order chi connectivity index (χ0) is 14.0. The van der Waals surface area contributed by atoms with Crippen molar-refractivity contribution in [1.82, 2.24) is 0 Å². The number of rotatable bonds is 5. The van der Waals surface area contributed by atoms with Crippen molar-refractivity contribution in [3.8, 4) is 0 Å². The Hall–Kier alpha value is -2.11. The molecule has 1 saturated carbocycles. The van der Waals surface area contributed by atoms with Crippen LogP contribution >= 0.6 is 0 Å². The van der Waals surface area contributed by atoms with Crippen molar-refractivity contribution in [2.75, 3.05) is 11.9 Å². The van der Waals surface area contributed by atoms with Gasteiger partial charge in [0.15, 0.2) is 0 Å². The topological polar surface area (TPSA) is 92.5 Å². The van der Waals surface area contributed by atoms with Gasteiger partial charge in [-0.1, -0.05) is 12.5 Å². The van der Waals surface area contributed by atoms with Crippen LogP contribution in [0.2, 0.25) is 0 Å². The Balaban J connectivity index is 2.13. The van der Waals surface area contributed by atoms with Crippen LogP contribution in [0.25, 0.3) is 0 Å². The summed E-state index contributed by atoms with van der Waals surface area (Å²) >= 11 is 0. The molecular weight excluding hydrogens is 248 g/mol. The van der Waals surface area contributed by atoms with Gasteiger partial charge in [-0.15, -0.1) is 0 Å². The number of benzene rings is 1. The molecule has 0 unspecified atom stereocenters. The lowest BCUT2D eigenvalue weighted by Gasteiger charge is -2.38. The summed E-state index contributed by atoms with van der Waals surface area (Å²) in [5.74, 6) is -0.797. The number of aliphatic carboxylic acids is 1. The number of nitro groups is 1. The van der Waals surface area contributed by atoms with Crippen LogP contribution in [-0.2, 0) is 4.79 Å². The van der Waals surface area contributed by atoms with E-state index < -0.39 is 16.3 Å². The maximum absolute atomic E-state index is 11.2. The molecule has 0 saturated heterocycles. The minimum absolute atomic E-state index is 0.00563. The molecule has 0 bridgehead atoms. The number of hydrogen-bond acceptors (Lipinski definition) is 4. The standard InChI is InChI=1S/C13H16N2O4/c1-9-3-4-10(15(18)19)7-11(9)14-8-13(12(16)17)5-2-6-13/h3-4,7,14H,2,5-6,8H2,1H3,(H,16,17). The normalized spacial score (nSPS) is 16.5. The second-order valence-electron chi connectivity index (χ2n) is 5.05. The number of nitro benzene ring substituents is 1. The lowest BCUT2D eigenvalue weighted by atomic mass is 9.69. The van der Waals surface area contributed by atoms with E-state index >= 15 is 0 Å². The summed E-state index contributed by atoms with van der Waals surface area (Å²) in [6, 6.07) is 4.55. The van der Waals surface area contributed by atoms with E-state index in [0.717, 1.165) is 12.0 Å². The Morgan fingerprint density at radius 2 is 2.21 bits per heavy atom. The second-order valence-corrected chi connectivity index (χ2v) is 5.05. The maximum atomic E-state index is 11.2. The van der Waals surface area contributed by atoms with Gasteiger partial charge in [-0.2, -0.15) is 0 Å². The van der Waals surface area contributed by atoms with Crippen LogP contribution in [0.3, 0.4) is 0 Å². The van der Waals surface area contributed by atoms with Gasteiger partial charge >= 0.3 is 5.97 Å². The molecule has 2 N–H and O–H groups in total. The summed E-state index contributed by atoms with van der Waals surface area (Å²) in [4.78, 5) is 21.5. The Kier molecular flexibility index (Phi) is 3.42. The van der Waals surface area contributed by atoms with Gasteiger partial charge in [-0.3, -0.25) is 14.9 Å². The molecule has 1 aliphatic carbocycles. The highest BCUT2D eigenvalue weighted by Crippen LogP contribution is 2.41. The van der Waals surface area contributed by atoms with Gasteiger partial charge in [0.25, 0.3) is 5.69 Å². The number of aryl methyl sites for hydroxylation is 1. The Bertz CT molecular complexity index is 523. The lowest BCUT2D eigenvalue weighted by molar-refractivity contribution is -0.384. The van der Waals surface area contributed by atoms with Crippen LogP contribution in [0.1, 0.15) is 24.8 Å². The minimum atomic E-state index is -0.797. The smallest absolute Gasteiger partial charge is 0.311 e. The first-order chi connectivity index (χ1) is 8.94. The summed E-state index contributed by atoms with van der Waals surface area (Å²) in [6.07, 6.45) is 2.23. The number of nitrogens with one attached hydrogen (secondary N) is 1. The maximum Gasteiger partial charge on any atom is 0.311 e. The van der Waals surface area contributed by atoms with Crippen molar-refractivity contribution in [3.63, 3.8) is 0 Å². The molecular formula is C13H16N2O4. The molecule has 1 aliphatic rings. The monoisotopic (exact) mass is 264 g/mol. The summed E-state index contributed by atoms with van der Waals surface area (Å²) < 4.78 is 0. The quantitative estimate of drug-likeness (QED) is 0.629. The predicted molar refractivity (Wildman–Crippen MR) is 70.2 cm³/mol. The fourth-order valence-corrected chi connectivity index (χ4v) is 2.25. The fraction of sp³-hybridized carbons (Fsp3) is 0.462. The summed E-state index contributed by atoms with van der Waals surface area (Å²) in [5, 5.41) is 23.0. The average Bonchev–Trinajstić information content (AvgIpc) is 2.29. The molecule has 0 aliphatic heterocycles. The highest BCUT2D eigenvalue weighted by atomic mass is 16.6. The van der Waals surface area contributed by atoms with Gasteiger partial charge in [0, 0.05) is 24.4 Å². The SMILES string of the molecule is Cc1ccc([N+](=O)[O-])cc1NCC1(C(=O)O)CCC1. The third kappa shape index (κ3) is 2.52. The minimum Gasteiger partial charge on any atom is -0.481 e. The Morgan fingerprint density at radius 3 is 2.68 bits per heavy atom. The molecule has 2 rings (SSSR count). The molecule has 0 heterocycles. The van der Waals surface area contributed by atoms with E-state index in [1.807, 2.05) is 6.92 Å². The van der Waals surface area contributed by atoms with E-state index in [9.17, 15) is 20.0 Å². The second kappa shape index (κ2) is 4.87. The van der Waals surface area contributed by atoms with Crippen molar-refractivity contribution >= 4 is 17.3 Å². The van der Waals surface area contributed by atoms with Crippen LogP contribution in [0.15, 0.2) is 18.2 Å². The van der Waals surface area contributed by atoms with E-state index in [-0.39, 0.29) is 5.69 Å². The number of nitrogens with zero attached hydrogens (tertiary/aromatic N) is 1. The van der Waals surface area contributed by atoms with E-state index in [1.165, 1.54) is 12.1 Å². The van der Waals surface area contributed by atoms with Crippen molar-refractivity contribution in [1.29, 1.82) is 0 Å². The molecule has 0 radical (unpaired) electrons. The van der Waals surface area contributed by atoms with Gasteiger partial charge in [0.05, 0.1) is 10.3 Å². The van der Waals surface area contributed by atoms with Crippen molar-refractivity contribution in [2.24, 2.45) is 5.41 Å². The zero-order valence-electron chi connectivity index (χ0n) is 10.7. The van der Waals surface area contributed by atoms with Crippen LogP contribution < -0.4 is 5.32 Å². The number of carboxylic acid groups (broad SMARTS) is 1. The molecule has 0 atom stereocenters. The molecule has 102 valence electrons. The van der Waals surface area contributed by atoms with Gasteiger partial charge < -0.3 is 10.4 Å². The van der Waals surface area contributed by atoms with Gasteiger partial charge in [-0.25, -0.2) is 0 Å². The third-order valence-electron chi connectivity index (χ3n) is 3.81. The van der Waals surface area contributed by atoms with Crippen LogP contribution in [-0.4, -0.2) is 22.5 Å². The lowest BCUT2D eigenvalue weighted by Crippen LogP contribution is -2.43. The van der Waals surface area contributed by atoms with Crippen molar-refractivity contribution < 1.29 is 14.8 Å². The average molecular weight is 264 g/mol. The molecule has 1 aromatic rings. The number of anilines is 1. The van der Waals surface area contributed by atoms with E-state index in [1.54, 1.807) is 6.07 Å². The first-order valence-corrected chi connectivity index (χ1v) is 6.17. The predicted octanol–water partition coefficient (Wildman–Crippen LogP) is 2.57. The highest BCUT2D eigenvalue weighted by Gasteiger charge is 2.44. The molecule has 0 aromatic heterocycles. The van der Waals surface area contributed by atoms with Crippen molar-refractivity contribution in [3.05, 3.63) is 33.9 Å². The van der Waals surface area contributed by atoms with Crippen LogP contribution in [0, 0.1) is 22.5 Å².